The lowest BCUT2D eigenvalue weighted by atomic mass is 10.0. The second-order valence-corrected chi connectivity index (χ2v) is 3.00. The summed E-state index contributed by atoms with van der Waals surface area (Å²) in [6.45, 7) is 1.65. The predicted molar refractivity (Wildman–Crippen MR) is 49.5 cm³/mol. The minimum absolute atomic E-state index is 0.300. The highest BCUT2D eigenvalue weighted by Crippen LogP contribution is 2.28. The van der Waals surface area contributed by atoms with Gasteiger partial charge in [-0.2, -0.15) is 0 Å². The fourth-order valence-corrected chi connectivity index (χ4v) is 1.32. The number of carbonyl (C=O) groups is 1. The Hall–Kier alpha value is -1.72. The van der Waals surface area contributed by atoms with Gasteiger partial charge in [-0.3, -0.25) is 0 Å². The lowest BCUT2D eigenvalue weighted by Crippen LogP contribution is -2.19. The van der Waals surface area contributed by atoms with E-state index in [-0.39, 0.29) is 0 Å². The maximum atomic E-state index is 12.0. The third-order valence-corrected chi connectivity index (χ3v) is 1.93. The SMILES string of the molecule is CCc1cccc(OC(F)(F)F)c1C(=O)O. The molecule has 0 heterocycles. The van der Waals surface area contributed by atoms with Crippen molar-refractivity contribution in [3.8, 4) is 5.75 Å². The Morgan fingerprint density at radius 3 is 2.50 bits per heavy atom. The van der Waals surface area contributed by atoms with Crippen molar-refractivity contribution in [2.75, 3.05) is 0 Å². The molecule has 1 aromatic carbocycles. The van der Waals surface area contributed by atoms with Gasteiger partial charge in [0.1, 0.15) is 11.3 Å². The van der Waals surface area contributed by atoms with Gasteiger partial charge in [0.25, 0.3) is 0 Å². The zero-order valence-corrected chi connectivity index (χ0v) is 8.34. The van der Waals surface area contributed by atoms with Gasteiger partial charge in [0.2, 0.25) is 0 Å². The molecule has 0 aliphatic rings. The van der Waals surface area contributed by atoms with E-state index in [2.05, 4.69) is 4.74 Å². The molecular weight excluding hydrogens is 225 g/mol. The number of ether oxygens (including phenoxy) is 1. The van der Waals surface area contributed by atoms with Crippen LogP contribution >= 0.6 is 0 Å². The van der Waals surface area contributed by atoms with Gasteiger partial charge < -0.3 is 9.84 Å². The first-order chi connectivity index (χ1) is 7.35. The van der Waals surface area contributed by atoms with E-state index in [0.29, 0.717) is 12.0 Å². The molecule has 0 fully saturated rings. The summed E-state index contributed by atoms with van der Waals surface area (Å²) in [4.78, 5) is 10.8. The average Bonchev–Trinajstić information content (AvgIpc) is 2.14. The minimum atomic E-state index is -4.89. The van der Waals surface area contributed by atoms with Crippen LogP contribution in [0.15, 0.2) is 18.2 Å². The second-order valence-electron chi connectivity index (χ2n) is 3.00. The van der Waals surface area contributed by atoms with E-state index in [1.54, 1.807) is 6.92 Å². The zero-order chi connectivity index (χ0) is 12.3. The summed E-state index contributed by atoms with van der Waals surface area (Å²) in [7, 11) is 0. The van der Waals surface area contributed by atoms with E-state index in [9.17, 15) is 18.0 Å². The molecule has 0 unspecified atom stereocenters. The number of aryl methyl sites for hydroxylation is 1. The summed E-state index contributed by atoms with van der Waals surface area (Å²) in [5, 5.41) is 8.83. The Balaban J connectivity index is 3.22. The van der Waals surface area contributed by atoms with Crippen molar-refractivity contribution in [2.45, 2.75) is 19.7 Å². The number of rotatable bonds is 3. The Morgan fingerprint density at radius 1 is 1.44 bits per heavy atom. The third kappa shape index (κ3) is 2.88. The number of carboxylic acids is 1. The van der Waals surface area contributed by atoms with Gasteiger partial charge >= 0.3 is 12.3 Å². The lowest BCUT2D eigenvalue weighted by Gasteiger charge is -2.13. The number of alkyl halides is 3. The zero-order valence-electron chi connectivity index (χ0n) is 8.34. The number of hydrogen-bond donors (Lipinski definition) is 1. The summed E-state index contributed by atoms with van der Waals surface area (Å²) in [6.07, 6.45) is -4.58. The molecule has 1 aromatic rings. The van der Waals surface area contributed by atoms with Crippen LogP contribution in [0.25, 0.3) is 0 Å². The Morgan fingerprint density at radius 2 is 2.06 bits per heavy atom. The van der Waals surface area contributed by atoms with Crippen LogP contribution in [-0.4, -0.2) is 17.4 Å². The van der Waals surface area contributed by atoms with Crippen LogP contribution in [0.4, 0.5) is 13.2 Å². The normalized spacial score (nSPS) is 11.2. The molecule has 0 spiro atoms. The number of halogens is 3. The van der Waals surface area contributed by atoms with Crippen LogP contribution in [0, 0.1) is 0 Å². The van der Waals surface area contributed by atoms with Crippen LogP contribution in [0.3, 0.4) is 0 Å². The first kappa shape index (κ1) is 12.4. The average molecular weight is 234 g/mol. The molecule has 16 heavy (non-hydrogen) atoms. The summed E-state index contributed by atoms with van der Waals surface area (Å²) in [5.41, 5.74) is -0.142. The molecule has 0 aliphatic carbocycles. The summed E-state index contributed by atoms with van der Waals surface area (Å²) in [5.74, 6) is -2.11. The summed E-state index contributed by atoms with van der Waals surface area (Å²) in [6, 6.07) is 3.76. The van der Waals surface area contributed by atoms with Gasteiger partial charge in [-0.05, 0) is 18.1 Å². The lowest BCUT2D eigenvalue weighted by molar-refractivity contribution is -0.274. The van der Waals surface area contributed by atoms with E-state index < -0.39 is 23.6 Å². The van der Waals surface area contributed by atoms with Crippen molar-refractivity contribution in [3.05, 3.63) is 29.3 Å². The largest absolute Gasteiger partial charge is 0.573 e. The first-order valence-electron chi connectivity index (χ1n) is 4.46. The molecule has 0 bridgehead atoms. The Labute approximate surface area is 89.5 Å². The van der Waals surface area contributed by atoms with E-state index in [1.807, 2.05) is 0 Å². The van der Waals surface area contributed by atoms with Crippen molar-refractivity contribution in [1.82, 2.24) is 0 Å². The van der Waals surface area contributed by atoms with Gasteiger partial charge in [-0.25, -0.2) is 4.79 Å². The monoisotopic (exact) mass is 234 g/mol. The Bertz CT molecular complexity index is 399. The van der Waals surface area contributed by atoms with Gasteiger partial charge in [-0.15, -0.1) is 13.2 Å². The van der Waals surface area contributed by atoms with Crippen LogP contribution in [-0.2, 0) is 6.42 Å². The quantitative estimate of drug-likeness (QED) is 0.874. The van der Waals surface area contributed by atoms with Gasteiger partial charge in [0.05, 0.1) is 0 Å². The predicted octanol–water partition coefficient (Wildman–Crippen LogP) is 2.85. The van der Waals surface area contributed by atoms with Gasteiger partial charge in [-0.1, -0.05) is 19.1 Å². The molecule has 0 radical (unpaired) electrons. The number of hydrogen-bond acceptors (Lipinski definition) is 2. The van der Waals surface area contributed by atoms with Crippen molar-refractivity contribution < 1.29 is 27.8 Å². The van der Waals surface area contributed by atoms with Crippen LogP contribution < -0.4 is 4.74 Å². The maximum absolute atomic E-state index is 12.0. The maximum Gasteiger partial charge on any atom is 0.573 e. The number of benzene rings is 1. The molecule has 6 heteroatoms. The highest BCUT2D eigenvalue weighted by Gasteiger charge is 2.33. The van der Waals surface area contributed by atoms with E-state index in [4.69, 9.17) is 5.11 Å². The molecule has 0 aromatic heterocycles. The molecule has 0 amide bonds. The highest BCUT2D eigenvalue weighted by atomic mass is 19.4. The molecule has 3 nitrogen and oxygen atoms in total. The molecule has 0 atom stereocenters. The smallest absolute Gasteiger partial charge is 0.478 e. The topological polar surface area (TPSA) is 46.5 Å². The van der Waals surface area contributed by atoms with E-state index in [1.165, 1.54) is 12.1 Å². The molecule has 0 aliphatic heterocycles. The van der Waals surface area contributed by atoms with E-state index in [0.717, 1.165) is 6.07 Å². The molecule has 0 saturated heterocycles. The molecule has 88 valence electrons. The van der Waals surface area contributed by atoms with Crippen molar-refractivity contribution in [2.24, 2.45) is 0 Å². The number of carboxylic acid groups (broad SMARTS) is 1. The highest BCUT2D eigenvalue weighted by molar-refractivity contribution is 5.92. The second kappa shape index (κ2) is 4.42. The van der Waals surface area contributed by atoms with E-state index >= 15 is 0 Å². The van der Waals surface area contributed by atoms with Gasteiger partial charge in [0, 0.05) is 0 Å². The molecule has 1 N–H and O–H groups in total. The summed E-state index contributed by atoms with van der Waals surface area (Å²) >= 11 is 0. The molecule has 0 saturated carbocycles. The van der Waals surface area contributed by atoms with Gasteiger partial charge in [0.15, 0.2) is 0 Å². The molecule has 1 rings (SSSR count). The van der Waals surface area contributed by atoms with Crippen molar-refractivity contribution >= 4 is 5.97 Å². The standard InChI is InChI=1S/C10H9F3O3/c1-2-6-4-3-5-7(8(6)9(14)15)16-10(11,12)13/h3-5H,2H2,1H3,(H,14,15). The molecular formula is C10H9F3O3. The fraction of sp³-hybridized carbons (Fsp3) is 0.300. The minimum Gasteiger partial charge on any atom is -0.478 e. The first-order valence-corrected chi connectivity index (χ1v) is 4.46. The number of aromatic carboxylic acids is 1. The van der Waals surface area contributed by atoms with Crippen LogP contribution in [0.1, 0.15) is 22.8 Å². The van der Waals surface area contributed by atoms with Crippen LogP contribution in [0.5, 0.6) is 5.75 Å². The third-order valence-electron chi connectivity index (χ3n) is 1.93. The van der Waals surface area contributed by atoms with Crippen molar-refractivity contribution in [1.29, 1.82) is 0 Å². The fourth-order valence-electron chi connectivity index (χ4n) is 1.32. The summed E-state index contributed by atoms with van der Waals surface area (Å²) < 4.78 is 39.7. The Kier molecular flexibility index (Phi) is 3.41. The van der Waals surface area contributed by atoms with Crippen molar-refractivity contribution in [3.63, 3.8) is 0 Å². The van der Waals surface area contributed by atoms with Crippen LogP contribution in [0.2, 0.25) is 0 Å².